The topological polar surface area (TPSA) is 68.0 Å². The van der Waals surface area contributed by atoms with Crippen LogP contribution in [-0.4, -0.2) is 24.0 Å². The predicted octanol–water partition coefficient (Wildman–Crippen LogP) is 0.257. The van der Waals surface area contributed by atoms with Gasteiger partial charge in [-0.25, -0.2) is 0 Å². The van der Waals surface area contributed by atoms with E-state index in [0.29, 0.717) is 11.5 Å². The van der Waals surface area contributed by atoms with Gasteiger partial charge in [0.15, 0.2) is 0 Å². The zero-order chi connectivity index (χ0) is 9.97. The summed E-state index contributed by atoms with van der Waals surface area (Å²) in [4.78, 5) is 15.2. The van der Waals surface area contributed by atoms with E-state index in [-0.39, 0.29) is 5.91 Å². The minimum Gasteiger partial charge on any atom is -0.366 e. The smallest absolute Gasteiger partial charge is 0.248 e. The van der Waals surface area contributed by atoms with Crippen LogP contribution >= 0.6 is 0 Å². The Morgan fingerprint density at radius 1 is 1.64 bits per heavy atom. The number of hydrogen-bond donors (Lipinski definition) is 2. The lowest BCUT2D eigenvalue weighted by molar-refractivity contribution is 0.1000. The SMILES string of the molecule is NC(=O)c1ccnc(C2CCNC2)c1. The predicted molar refractivity (Wildman–Crippen MR) is 53.0 cm³/mol. The number of amides is 1. The summed E-state index contributed by atoms with van der Waals surface area (Å²) >= 11 is 0. The lowest BCUT2D eigenvalue weighted by Crippen LogP contribution is -2.13. The van der Waals surface area contributed by atoms with E-state index in [1.807, 2.05) is 0 Å². The van der Waals surface area contributed by atoms with Crippen molar-refractivity contribution in [2.24, 2.45) is 5.73 Å². The largest absolute Gasteiger partial charge is 0.366 e. The highest BCUT2D eigenvalue weighted by Gasteiger charge is 2.18. The standard InChI is InChI=1S/C10H13N3O/c11-10(14)7-2-4-13-9(5-7)8-1-3-12-6-8/h2,4-5,8,12H,1,3,6H2,(H2,11,14). The second-order valence-corrected chi connectivity index (χ2v) is 3.52. The molecule has 1 aliphatic heterocycles. The van der Waals surface area contributed by atoms with Crippen LogP contribution in [0.15, 0.2) is 18.3 Å². The molecule has 0 aliphatic carbocycles. The van der Waals surface area contributed by atoms with Crippen LogP contribution in [0.2, 0.25) is 0 Å². The summed E-state index contributed by atoms with van der Waals surface area (Å²) in [6, 6.07) is 3.44. The number of hydrogen-bond acceptors (Lipinski definition) is 3. The van der Waals surface area contributed by atoms with Gasteiger partial charge in [0.2, 0.25) is 5.91 Å². The van der Waals surface area contributed by atoms with Gasteiger partial charge in [0.05, 0.1) is 0 Å². The Bertz CT molecular complexity index is 345. The molecule has 0 bridgehead atoms. The molecular formula is C10H13N3O. The van der Waals surface area contributed by atoms with E-state index in [1.54, 1.807) is 18.3 Å². The zero-order valence-corrected chi connectivity index (χ0v) is 7.86. The number of carbonyl (C=O) groups is 1. The summed E-state index contributed by atoms with van der Waals surface area (Å²) in [5.74, 6) is 0.0360. The molecule has 1 aliphatic rings. The van der Waals surface area contributed by atoms with Crippen molar-refractivity contribution < 1.29 is 4.79 Å². The van der Waals surface area contributed by atoms with E-state index >= 15 is 0 Å². The minimum atomic E-state index is -0.389. The highest BCUT2D eigenvalue weighted by Crippen LogP contribution is 2.20. The fourth-order valence-corrected chi connectivity index (χ4v) is 1.73. The quantitative estimate of drug-likeness (QED) is 0.704. The van der Waals surface area contributed by atoms with Crippen molar-refractivity contribution in [2.45, 2.75) is 12.3 Å². The van der Waals surface area contributed by atoms with Crippen LogP contribution in [0, 0.1) is 0 Å². The Morgan fingerprint density at radius 3 is 3.14 bits per heavy atom. The summed E-state index contributed by atoms with van der Waals surface area (Å²) in [6.07, 6.45) is 2.73. The summed E-state index contributed by atoms with van der Waals surface area (Å²) in [6.45, 7) is 1.96. The van der Waals surface area contributed by atoms with Crippen molar-refractivity contribution in [1.29, 1.82) is 0 Å². The maximum absolute atomic E-state index is 10.9. The molecule has 1 fully saturated rings. The first-order chi connectivity index (χ1) is 6.77. The monoisotopic (exact) mass is 191 g/mol. The fraction of sp³-hybridized carbons (Fsp3) is 0.400. The van der Waals surface area contributed by atoms with Crippen LogP contribution in [0.4, 0.5) is 0 Å². The van der Waals surface area contributed by atoms with Crippen molar-refractivity contribution in [3.8, 4) is 0 Å². The van der Waals surface area contributed by atoms with Crippen LogP contribution in [0.25, 0.3) is 0 Å². The first-order valence-electron chi connectivity index (χ1n) is 4.74. The van der Waals surface area contributed by atoms with E-state index in [2.05, 4.69) is 10.3 Å². The second kappa shape index (κ2) is 3.75. The molecule has 2 heterocycles. The average molecular weight is 191 g/mol. The number of nitrogens with two attached hydrogens (primary N) is 1. The number of rotatable bonds is 2. The first-order valence-corrected chi connectivity index (χ1v) is 4.74. The van der Waals surface area contributed by atoms with E-state index in [1.165, 1.54) is 0 Å². The molecule has 1 unspecified atom stereocenters. The molecule has 2 rings (SSSR count). The maximum Gasteiger partial charge on any atom is 0.248 e. The van der Waals surface area contributed by atoms with E-state index in [9.17, 15) is 4.79 Å². The maximum atomic E-state index is 10.9. The summed E-state index contributed by atoms with van der Waals surface area (Å²) < 4.78 is 0. The zero-order valence-electron chi connectivity index (χ0n) is 7.86. The first kappa shape index (κ1) is 9.15. The molecule has 4 heteroatoms. The Balaban J connectivity index is 2.25. The van der Waals surface area contributed by atoms with Crippen LogP contribution in [0.5, 0.6) is 0 Å². The molecule has 0 saturated carbocycles. The number of aromatic nitrogens is 1. The Kier molecular flexibility index (Phi) is 2.45. The Labute approximate surface area is 82.5 Å². The number of pyridine rings is 1. The van der Waals surface area contributed by atoms with Gasteiger partial charge in [0.25, 0.3) is 0 Å². The van der Waals surface area contributed by atoms with Gasteiger partial charge < -0.3 is 11.1 Å². The summed E-state index contributed by atoms with van der Waals surface area (Å²) in [7, 11) is 0. The summed E-state index contributed by atoms with van der Waals surface area (Å²) in [5.41, 5.74) is 6.71. The van der Waals surface area contributed by atoms with E-state index < -0.39 is 0 Å². The molecule has 4 nitrogen and oxygen atoms in total. The molecule has 0 aromatic carbocycles. The van der Waals surface area contributed by atoms with Gasteiger partial charge in [0, 0.05) is 29.9 Å². The van der Waals surface area contributed by atoms with Crippen molar-refractivity contribution in [3.63, 3.8) is 0 Å². The van der Waals surface area contributed by atoms with Crippen LogP contribution in [-0.2, 0) is 0 Å². The third-order valence-electron chi connectivity index (χ3n) is 2.54. The van der Waals surface area contributed by atoms with Gasteiger partial charge in [0.1, 0.15) is 0 Å². The van der Waals surface area contributed by atoms with Gasteiger partial charge in [-0.3, -0.25) is 9.78 Å². The molecule has 1 atom stereocenters. The molecule has 1 aromatic heterocycles. The van der Waals surface area contributed by atoms with Gasteiger partial charge in [-0.15, -0.1) is 0 Å². The molecule has 0 radical (unpaired) electrons. The van der Waals surface area contributed by atoms with Gasteiger partial charge in [-0.2, -0.15) is 0 Å². The molecular weight excluding hydrogens is 178 g/mol. The number of carbonyl (C=O) groups excluding carboxylic acids is 1. The van der Waals surface area contributed by atoms with E-state index in [0.717, 1.165) is 25.2 Å². The van der Waals surface area contributed by atoms with E-state index in [4.69, 9.17) is 5.73 Å². The second-order valence-electron chi connectivity index (χ2n) is 3.52. The third-order valence-corrected chi connectivity index (χ3v) is 2.54. The Morgan fingerprint density at radius 2 is 2.50 bits per heavy atom. The molecule has 1 amide bonds. The molecule has 1 saturated heterocycles. The fourth-order valence-electron chi connectivity index (χ4n) is 1.73. The molecule has 14 heavy (non-hydrogen) atoms. The normalized spacial score (nSPS) is 21.0. The van der Waals surface area contributed by atoms with Crippen molar-refractivity contribution >= 4 is 5.91 Å². The summed E-state index contributed by atoms with van der Waals surface area (Å²) in [5, 5.41) is 3.26. The molecule has 1 aromatic rings. The Hall–Kier alpha value is -1.42. The number of nitrogens with zero attached hydrogens (tertiary/aromatic N) is 1. The highest BCUT2D eigenvalue weighted by molar-refractivity contribution is 5.92. The average Bonchev–Trinajstić information content (AvgIpc) is 2.71. The van der Waals surface area contributed by atoms with Gasteiger partial charge >= 0.3 is 0 Å². The van der Waals surface area contributed by atoms with Crippen LogP contribution in [0.1, 0.15) is 28.4 Å². The van der Waals surface area contributed by atoms with Gasteiger partial charge in [-0.05, 0) is 25.1 Å². The van der Waals surface area contributed by atoms with Crippen LogP contribution in [0.3, 0.4) is 0 Å². The number of nitrogens with one attached hydrogen (secondary N) is 1. The molecule has 0 spiro atoms. The lowest BCUT2D eigenvalue weighted by Gasteiger charge is -2.07. The van der Waals surface area contributed by atoms with Gasteiger partial charge in [-0.1, -0.05) is 0 Å². The van der Waals surface area contributed by atoms with Crippen LogP contribution < -0.4 is 11.1 Å². The number of primary amides is 1. The van der Waals surface area contributed by atoms with Crippen molar-refractivity contribution in [3.05, 3.63) is 29.6 Å². The molecule has 3 N–H and O–H groups in total. The third kappa shape index (κ3) is 1.75. The minimum absolute atomic E-state index is 0.389. The van der Waals surface area contributed by atoms with Crippen molar-refractivity contribution in [2.75, 3.05) is 13.1 Å². The van der Waals surface area contributed by atoms with Crippen molar-refractivity contribution in [1.82, 2.24) is 10.3 Å². The highest BCUT2D eigenvalue weighted by atomic mass is 16.1. The molecule has 74 valence electrons. The lowest BCUT2D eigenvalue weighted by atomic mass is 10.0.